The highest BCUT2D eigenvalue weighted by Crippen LogP contribution is 2.31. The predicted molar refractivity (Wildman–Crippen MR) is 171 cm³/mol. The number of nitrogens with zero attached hydrogens (tertiary/aromatic N) is 4. The topological polar surface area (TPSA) is 177 Å². The van der Waals surface area contributed by atoms with Crippen molar-refractivity contribution in [2.45, 2.75) is 37.9 Å². The molecule has 1 unspecified atom stereocenters. The van der Waals surface area contributed by atoms with Crippen molar-refractivity contribution >= 4 is 35.4 Å². The number of carbonyl (C=O) groups is 3. The molecular formula is C33H34N6O8. The highest BCUT2D eigenvalue weighted by molar-refractivity contribution is 6.03. The number of carbonyl (C=O) groups excluding carboxylic acids is 3. The van der Waals surface area contributed by atoms with E-state index >= 15 is 0 Å². The van der Waals surface area contributed by atoms with Crippen molar-refractivity contribution < 1.29 is 33.3 Å². The third-order valence-electron chi connectivity index (χ3n) is 7.29. The Labute approximate surface area is 270 Å². The third kappa shape index (κ3) is 8.70. The molecule has 244 valence electrons. The fourth-order valence-electron chi connectivity index (χ4n) is 5.00. The van der Waals surface area contributed by atoms with Gasteiger partial charge in [0.25, 0.3) is 5.91 Å². The first kappa shape index (κ1) is 32.6. The second-order valence-electron chi connectivity index (χ2n) is 10.7. The van der Waals surface area contributed by atoms with Gasteiger partial charge >= 0.3 is 17.8 Å². The van der Waals surface area contributed by atoms with Gasteiger partial charge in [-0.1, -0.05) is 48.5 Å². The zero-order chi connectivity index (χ0) is 33.3. The molecule has 0 radical (unpaired) electrons. The van der Waals surface area contributed by atoms with Gasteiger partial charge in [0.2, 0.25) is 0 Å². The minimum atomic E-state index is -0.973. The first-order chi connectivity index (χ1) is 22.7. The van der Waals surface area contributed by atoms with Crippen molar-refractivity contribution in [3.63, 3.8) is 0 Å². The molecule has 14 heteroatoms. The standard InChI is InChI=1S/C33H34N6O8/c1-21(40)45-25-18-30(39-16-14-28(37-32(39)42)36-31(41)23-11-7-4-8-12-23)46-27(25)20-44-33(43)47-26(22-9-5-3-6-10-22)19-38(2)29-17-24(34)13-15-35-29/h3-17,25-27,30H,18-20H2,1-2H3,(H2,34,35)(H,36,37,41,42)/t25-,26?,27+,30+/m0/s1. The molecule has 4 aromatic rings. The summed E-state index contributed by atoms with van der Waals surface area (Å²) in [6.45, 7) is 1.16. The molecule has 1 fully saturated rings. The Morgan fingerprint density at radius 2 is 1.81 bits per heavy atom. The lowest BCUT2D eigenvalue weighted by Gasteiger charge is -2.25. The summed E-state index contributed by atoms with van der Waals surface area (Å²) in [5.74, 6) is -0.344. The number of nitrogen functional groups attached to an aromatic ring is 1. The molecule has 3 N–H and O–H groups in total. The Morgan fingerprint density at radius 3 is 2.49 bits per heavy atom. The Hall–Kier alpha value is -5.76. The van der Waals surface area contributed by atoms with Crippen molar-refractivity contribution in [3.05, 3.63) is 113 Å². The highest BCUT2D eigenvalue weighted by atomic mass is 16.7. The molecule has 1 amide bonds. The van der Waals surface area contributed by atoms with E-state index in [1.54, 1.807) is 60.6 Å². The van der Waals surface area contributed by atoms with Gasteiger partial charge in [-0.15, -0.1) is 0 Å². The smallest absolute Gasteiger partial charge is 0.459 e. The summed E-state index contributed by atoms with van der Waals surface area (Å²) in [4.78, 5) is 60.2. The van der Waals surface area contributed by atoms with Crippen LogP contribution in [-0.4, -0.2) is 65.0 Å². The Balaban J connectivity index is 1.23. The minimum absolute atomic E-state index is 0.0578. The van der Waals surface area contributed by atoms with E-state index in [1.807, 2.05) is 30.3 Å². The maximum absolute atomic E-state index is 13.0. The molecule has 3 heterocycles. The van der Waals surface area contributed by atoms with E-state index in [1.165, 1.54) is 23.8 Å². The molecular weight excluding hydrogens is 608 g/mol. The molecule has 1 aliphatic heterocycles. The van der Waals surface area contributed by atoms with Gasteiger partial charge in [0.1, 0.15) is 42.8 Å². The number of likely N-dealkylation sites (N-methyl/N-ethyl adjacent to an activating group) is 1. The van der Waals surface area contributed by atoms with Crippen LogP contribution in [0.3, 0.4) is 0 Å². The van der Waals surface area contributed by atoms with Crippen LogP contribution in [0.4, 0.5) is 22.1 Å². The lowest BCUT2D eigenvalue weighted by molar-refractivity contribution is -0.150. The van der Waals surface area contributed by atoms with Gasteiger partial charge in [-0.3, -0.25) is 14.2 Å². The van der Waals surface area contributed by atoms with E-state index in [-0.39, 0.29) is 25.4 Å². The molecule has 47 heavy (non-hydrogen) atoms. The van der Waals surface area contributed by atoms with Gasteiger partial charge in [-0.05, 0) is 29.8 Å². The van der Waals surface area contributed by atoms with Crippen LogP contribution in [0, 0.1) is 0 Å². The largest absolute Gasteiger partial charge is 0.509 e. The third-order valence-corrected chi connectivity index (χ3v) is 7.29. The summed E-state index contributed by atoms with van der Waals surface area (Å²) in [6.07, 6.45) is -1.24. The quantitative estimate of drug-likeness (QED) is 0.227. The molecule has 0 aliphatic carbocycles. The number of aromatic nitrogens is 3. The summed E-state index contributed by atoms with van der Waals surface area (Å²) in [5.41, 5.74) is 6.88. The normalized spacial score (nSPS) is 17.7. The number of rotatable bonds is 11. The lowest BCUT2D eigenvalue weighted by atomic mass is 10.1. The van der Waals surface area contributed by atoms with Crippen molar-refractivity contribution in [1.82, 2.24) is 14.5 Å². The second-order valence-corrected chi connectivity index (χ2v) is 10.7. The van der Waals surface area contributed by atoms with Gasteiger partial charge in [-0.2, -0.15) is 4.98 Å². The number of hydrogen-bond acceptors (Lipinski definition) is 12. The molecule has 5 rings (SSSR count). The van der Waals surface area contributed by atoms with Gasteiger partial charge in [0, 0.05) is 50.1 Å². The van der Waals surface area contributed by atoms with E-state index in [4.69, 9.17) is 24.7 Å². The van der Waals surface area contributed by atoms with E-state index in [0.29, 0.717) is 17.1 Å². The van der Waals surface area contributed by atoms with Crippen LogP contribution in [0.1, 0.15) is 41.6 Å². The molecule has 2 aromatic carbocycles. The average molecular weight is 643 g/mol. The van der Waals surface area contributed by atoms with Gasteiger partial charge in [0.05, 0.1) is 6.54 Å². The molecule has 4 atom stereocenters. The van der Waals surface area contributed by atoms with Crippen LogP contribution in [-0.2, 0) is 23.7 Å². The van der Waals surface area contributed by atoms with Crippen LogP contribution in [0.25, 0.3) is 0 Å². The molecule has 1 saturated heterocycles. The van der Waals surface area contributed by atoms with Crippen LogP contribution in [0.5, 0.6) is 0 Å². The fourth-order valence-corrected chi connectivity index (χ4v) is 5.00. The Bertz CT molecular complexity index is 1750. The average Bonchev–Trinajstić information content (AvgIpc) is 3.45. The van der Waals surface area contributed by atoms with Crippen LogP contribution >= 0.6 is 0 Å². The van der Waals surface area contributed by atoms with E-state index in [0.717, 1.165) is 5.56 Å². The number of anilines is 3. The lowest BCUT2D eigenvalue weighted by Crippen LogP contribution is -2.33. The number of benzene rings is 2. The van der Waals surface area contributed by atoms with Gasteiger partial charge in [0.15, 0.2) is 0 Å². The SMILES string of the molecule is CC(=O)O[C@H]1C[C@H](n2ccc(NC(=O)c3ccccc3)nc2=O)O[C@@H]1COC(=O)OC(CN(C)c1cc(N)ccn1)c1ccccc1. The summed E-state index contributed by atoms with van der Waals surface area (Å²) in [7, 11) is 1.79. The van der Waals surface area contributed by atoms with E-state index in [9.17, 15) is 19.2 Å². The van der Waals surface area contributed by atoms with Crippen LogP contribution in [0.2, 0.25) is 0 Å². The molecule has 0 bridgehead atoms. The maximum Gasteiger partial charge on any atom is 0.509 e. The molecule has 0 spiro atoms. The van der Waals surface area contributed by atoms with Gasteiger partial charge < -0.3 is 34.9 Å². The Morgan fingerprint density at radius 1 is 1.09 bits per heavy atom. The highest BCUT2D eigenvalue weighted by Gasteiger charge is 2.40. The summed E-state index contributed by atoms with van der Waals surface area (Å²) < 4.78 is 23.8. The minimum Gasteiger partial charge on any atom is -0.459 e. The number of ether oxygens (including phenoxy) is 4. The summed E-state index contributed by atoms with van der Waals surface area (Å²) in [6, 6.07) is 22.5. The predicted octanol–water partition coefficient (Wildman–Crippen LogP) is 3.72. The Kier molecular flexibility index (Phi) is 10.4. The van der Waals surface area contributed by atoms with Crippen molar-refractivity contribution in [2.75, 3.05) is 36.1 Å². The van der Waals surface area contributed by atoms with Crippen molar-refractivity contribution in [1.29, 1.82) is 0 Å². The number of nitrogens with one attached hydrogen (secondary N) is 1. The maximum atomic E-state index is 13.0. The molecule has 0 saturated carbocycles. The number of nitrogens with two attached hydrogens (primary N) is 1. The summed E-state index contributed by atoms with van der Waals surface area (Å²) >= 11 is 0. The van der Waals surface area contributed by atoms with Crippen LogP contribution < -0.4 is 21.6 Å². The first-order valence-electron chi connectivity index (χ1n) is 14.8. The molecule has 14 nitrogen and oxygen atoms in total. The second kappa shape index (κ2) is 15.0. The van der Waals surface area contributed by atoms with Crippen molar-refractivity contribution in [3.8, 4) is 0 Å². The van der Waals surface area contributed by atoms with E-state index in [2.05, 4.69) is 15.3 Å². The zero-order valence-corrected chi connectivity index (χ0v) is 25.7. The number of pyridine rings is 1. The number of amides is 1. The van der Waals surface area contributed by atoms with Crippen molar-refractivity contribution in [2.24, 2.45) is 0 Å². The zero-order valence-electron chi connectivity index (χ0n) is 25.7. The monoisotopic (exact) mass is 642 g/mol. The summed E-state index contributed by atoms with van der Waals surface area (Å²) in [5, 5.41) is 2.59. The fraction of sp³-hybridized carbons (Fsp3) is 0.273. The number of esters is 1. The van der Waals surface area contributed by atoms with Crippen LogP contribution in [0.15, 0.2) is 96.1 Å². The molecule has 1 aliphatic rings. The first-order valence-corrected chi connectivity index (χ1v) is 14.8. The molecule has 2 aromatic heterocycles. The number of hydrogen-bond donors (Lipinski definition) is 2. The van der Waals surface area contributed by atoms with E-state index < -0.39 is 48.3 Å². The van der Waals surface area contributed by atoms with Gasteiger partial charge in [-0.25, -0.2) is 14.6 Å².